The summed E-state index contributed by atoms with van der Waals surface area (Å²) in [7, 11) is 2.22. The van der Waals surface area contributed by atoms with Crippen molar-refractivity contribution in [3.63, 3.8) is 0 Å². The first kappa shape index (κ1) is 15.6. The minimum absolute atomic E-state index is 1.06. The Balaban J connectivity index is 1.48. The van der Waals surface area contributed by atoms with Crippen LogP contribution >= 0.6 is 0 Å². The molecule has 0 saturated carbocycles. The molecule has 1 saturated heterocycles. The van der Waals surface area contributed by atoms with Gasteiger partial charge in [0.15, 0.2) is 0 Å². The molecule has 124 valence electrons. The highest BCUT2D eigenvalue weighted by atomic mass is 15.2. The number of benzene rings is 1. The van der Waals surface area contributed by atoms with Crippen molar-refractivity contribution in [1.82, 2.24) is 14.8 Å². The first-order valence-electron chi connectivity index (χ1n) is 8.94. The van der Waals surface area contributed by atoms with Crippen LogP contribution in [0.2, 0.25) is 0 Å². The smallest absolute Gasteiger partial charge is 0.0273 e. The third-order valence-corrected chi connectivity index (χ3v) is 5.36. The monoisotopic (exact) mass is 319 g/mol. The topological polar surface area (TPSA) is 19.4 Å². The summed E-state index contributed by atoms with van der Waals surface area (Å²) in [6.07, 6.45) is 8.42. The summed E-state index contributed by atoms with van der Waals surface area (Å²) in [5, 5.41) is 0. The van der Waals surface area contributed by atoms with Crippen LogP contribution in [0.1, 0.15) is 17.5 Å². The molecule has 4 rings (SSSR count). The first-order valence-corrected chi connectivity index (χ1v) is 8.94. The van der Waals surface area contributed by atoms with Gasteiger partial charge in [0.1, 0.15) is 0 Å². The van der Waals surface area contributed by atoms with Crippen molar-refractivity contribution < 1.29 is 0 Å². The Hall–Kier alpha value is -1.97. The molecule has 0 bridgehead atoms. The number of likely N-dealkylation sites (N-methyl/N-ethyl adjacent to an activating group) is 1. The lowest BCUT2D eigenvalue weighted by atomic mass is 9.95. The SMILES string of the molecule is CN1CCN(CCC2=CCc3c2cccc3-c2ccncc2)CC1. The van der Waals surface area contributed by atoms with E-state index in [4.69, 9.17) is 0 Å². The molecule has 24 heavy (non-hydrogen) atoms. The Kier molecular flexibility index (Phi) is 4.46. The van der Waals surface area contributed by atoms with Gasteiger partial charge < -0.3 is 9.80 Å². The predicted molar refractivity (Wildman–Crippen MR) is 99.9 cm³/mol. The van der Waals surface area contributed by atoms with Crippen molar-refractivity contribution in [2.24, 2.45) is 0 Å². The molecular weight excluding hydrogens is 294 g/mol. The molecule has 2 heterocycles. The maximum absolute atomic E-state index is 4.14. The summed E-state index contributed by atoms with van der Waals surface area (Å²) in [4.78, 5) is 9.16. The molecular formula is C21H25N3. The van der Waals surface area contributed by atoms with Crippen LogP contribution < -0.4 is 0 Å². The van der Waals surface area contributed by atoms with Crippen LogP contribution in [0.25, 0.3) is 16.7 Å². The van der Waals surface area contributed by atoms with Gasteiger partial charge in [-0.3, -0.25) is 4.98 Å². The minimum Gasteiger partial charge on any atom is -0.304 e. The van der Waals surface area contributed by atoms with Gasteiger partial charge in [-0.25, -0.2) is 0 Å². The molecule has 0 radical (unpaired) electrons. The van der Waals surface area contributed by atoms with E-state index in [1.807, 2.05) is 12.4 Å². The zero-order valence-electron chi connectivity index (χ0n) is 14.4. The zero-order valence-corrected chi connectivity index (χ0v) is 14.4. The van der Waals surface area contributed by atoms with Crippen molar-refractivity contribution in [2.45, 2.75) is 12.8 Å². The maximum Gasteiger partial charge on any atom is 0.0273 e. The van der Waals surface area contributed by atoms with E-state index in [1.165, 1.54) is 60.6 Å². The number of hydrogen-bond acceptors (Lipinski definition) is 3. The average Bonchev–Trinajstić information content (AvgIpc) is 3.05. The lowest BCUT2D eigenvalue weighted by Gasteiger charge is -2.32. The summed E-state index contributed by atoms with van der Waals surface area (Å²) >= 11 is 0. The fourth-order valence-corrected chi connectivity index (χ4v) is 3.83. The second kappa shape index (κ2) is 6.88. The van der Waals surface area contributed by atoms with Crippen molar-refractivity contribution in [2.75, 3.05) is 39.8 Å². The third kappa shape index (κ3) is 3.14. The van der Waals surface area contributed by atoms with E-state index < -0.39 is 0 Å². The molecule has 2 aliphatic rings. The van der Waals surface area contributed by atoms with Gasteiger partial charge in [0.25, 0.3) is 0 Å². The van der Waals surface area contributed by atoms with Gasteiger partial charge in [-0.2, -0.15) is 0 Å². The molecule has 3 nitrogen and oxygen atoms in total. The highest BCUT2D eigenvalue weighted by molar-refractivity contribution is 5.81. The zero-order chi connectivity index (χ0) is 16.4. The van der Waals surface area contributed by atoms with Crippen molar-refractivity contribution >= 4 is 5.57 Å². The molecule has 1 aromatic heterocycles. The Bertz CT molecular complexity index is 728. The van der Waals surface area contributed by atoms with Crippen LogP contribution in [-0.4, -0.2) is 54.6 Å². The van der Waals surface area contributed by atoms with E-state index >= 15 is 0 Å². The predicted octanol–water partition coefficient (Wildman–Crippen LogP) is 3.33. The molecule has 3 heteroatoms. The van der Waals surface area contributed by atoms with Gasteiger partial charge in [0.05, 0.1) is 0 Å². The number of allylic oxidation sites excluding steroid dienone is 1. The fourth-order valence-electron chi connectivity index (χ4n) is 3.83. The van der Waals surface area contributed by atoms with E-state index in [1.54, 1.807) is 0 Å². The summed E-state index contributed by atoms with van der Waals surface area (Å²) < 4.78 is 0. The molecule has 0 amide bonds. The standard InChI is InChI=1S/C21H25N3/c1-23-13-15-24(16-14-23)12-9-17-5-6-21-19(17)3-2-4-20(21)18-7-10-22-11-8-18/h2-5,7-8,10-11H,6,9,12-16H2,1H3. The molecule has 0 spiro atoms. The highest BCUT2D eigenvalue weighted by Gasteiger charge is 2.19. The Morgan fingerprint density at radius 3 is 2.50 bits per heavy atom. The molecule has 2 aromatic rings. The third-order valence-electron chi connectivity index (χ3n) is 5.36. The number of piperazine rings is 1. The summed E-state index contributed by atoms with van der Waals surface area (Å²) in [6, 6.07) is 11.0. The van der Waals surface area contributed by atoms with Gasteiger partial charge in [-0.15, -0.1) is 0 Å². The normalized spacial score (nSPS) is 18.5. The summed E-state index contributed by atoms with van der Waals surface area (Å²) in [6.45, 7) is 5.98. The van der Waals surface area contributed by atoms with Crippen LogP contribution in [0.15, 0.2) is 48.8 Å². The van der Waals surface area contributed by atoms with Crippen LogP contribution in [0.3, 0.4) is 0 Å². The molecule has 1 aliphatic carbocycles. The van der Waals surface area contributed by atoms with Crippen LogP contribution in [0, 0.1) is 0 Å². The fraction of sp³-hybridized carbons (Fsp3) is 0.381. The Labute approximate surface area is 144 Å². The molecule has 1 aromatic carbocycles. The molecule has 1 aliphatic heterocycles. The van der Waals surface area contributed by atoms with Gasteiger partial charge in [0.2, 0.25) is 0 Å². The number of aromatic nitrogens is 1. The van der Waals surface area contributed by atoms with Crippen molar-refractivity contribution in [3.05, 3.63) is 59.9 Å². The number of rotatable bonds is 4. The van der Waals surface area contributed by atoms with E-state index in [9.17, 15) is 0 Å². The first-order chi connectivity index (χ1) is 11.8. The highest BCUT2D eigenvalue weighted by Crippen LogP contribution is 2.36. The minimum atomic E-state index is 1.06. The molecule has 1 fully saturated rings. The van der Waals surface area contributed by atoms with Gasteiger partial charge >= 0.3 is 0 Å². The lowest BCUT2D eigenvalue weighted by Crippen LogP contribution is -2.44. The van der Waals surface area contributed by atoms with Crippen molar-refractivity contribution in [1.29, 1.82) is 0 Å². The summed E-state index contributed by atoms with van der Waals surface area (Å²) in [5.74, 6) is 0. The molecule has 0 N–H and O–H groups in total. The van der Waals surface area contributed by atoms with Crippen LogP contribution in [0.5, 0.6) is 0 Å². The van der Waals surface area contributed by atoms with Crippen molar-refractivity contribution in [3.8, 4) is 11.1 Å². The van der Waals surface area contributed by atoms with Gasteiger partial charge in [0, 0.05) is 45.1 Å². The summed E-state index contributed by atoms with van der Waals surface area (Å²) in [5.41, 5.74) is 7.10. The Morgan fingerprint density at radius 2 is 1.71 bits per heavy atom. The second-order valence-corrected chi connectivity index (χ2v) is 6.90. The molecule has 0 unspecified atom stereocenters. The van der Waals surface area contributed by atoms with Crippen LogP contribution in [0.4, 0.5) is 0 Å². The van der Waals surface area contributed by atoms with E-state index in [0.29, 0.717) is 0 Å². The lowest BCUT2D eigenvalue weighted by molar-refractivity contribution is 0.157. The number of hydrogen-bond donors (Lipinski definition) is 0. The maximum atomic E-state index is 4.14. The van der Waals surface area contributed by atoms with Crippen LogP contribution in [-0.2, 0) is 6.42 Å². The number of pyridine rings is 1. The Morgan fingerprint density at radius 1 is 0.958 bits per heavy atom. The van der Waals surface area contributed by atoms with Gasteiger partial charge in [-0.05, 0) is 59.8 Å². The molecule has 0 atom stereocenters. The van der Waals surface area contributed by atoms with E-state index in [2.05, 4.69) is 58.2 Å². The second-order valence-electron chi connectivity index (χ2n) is 6.90. The van der Waals surface area contributed by atoms with Gasteiger partial charge in [-0.1, -0.05) is 24.3 Å². The largest absolute Gasteiger partial charge is 0.304 e. The number of fused-ring (bicyclic) bond motifs is 1. The number of nitrogens with zero attached hydrogens (tertiary/aromatic N) is 3. The average molecular weight is 319 g/mol. The quantitative estimate of drug-likeness (QED) is 0.862. The van der Waals surface area contributed by atoms with E-state index in [-0.39, 0.29) is 0 Å². The van der Waals surface area contributed by atoms with E-state index in [0.717, 1.165) is 12.8 Å².